The van der Waals surface area contributed by atoms with Crippen molar-refractivity contribution in [2.75, 3.05) is 5.32 Å². The number of hydrogen-bond acceptors (Lipinski definition) is 6. The molecule has 0 amide bonds. The molecular weight excluding hydrogens is 385 g/mol. The zero-order valence-corrected chi connectivity index (χ0v) is 16.8. The quantitative estimate of drug-likeness (QED) is 0.690. The monoisotopic (exact) mass is 410 g/mol. The van der Waals surface area contributed by atoms with E-state index >= 15 is 0 Å². The number of phenolic OH excluding ortho intramolecular Hbond substituents is 1. The molecule has 1 saturated heterocycles. The Bertz CT molecular complexity index is 851. The highest BCUT2D eigenvalue weighted by molar-refractivity contribution is 5.68. The van der Waals surface area contributed by atoms with Crippen LogP contribution in [-0.4, -0.2) is 38.8 Å². The third kappa shape index (κ3) is 5.72. The molecule has 1 aliphatic heterocycles. The predicted molar refractivity (Wildman–Crippen MR) is 104 cm³/mol. The van der Waals surface area contributed by atoms with Gasteiger partial charge in [0.25, 0.3) is 0 Å². The van der Waals surface area contributed by atoms with Gasteiger partial charge in [0, 0.05) is 28.7 Å². The van der Waals surface area contributed by atoms with E-state index in [4.69, 9.17) is 0 Å². The van der Waals surface area contributed by atoms with Gasteiger partial charge in [-0.15, -0.1) is 23.4 Å². The molecule has 3 rings (SSSR count). The van der Waals surface area contributed by atoms with Crippen molar-refractivity contribution in [3.63, 3.8) is 0 Å². The fourth-order valence-corrected chi connectivity index (χ4v) is 4.12. The number of alkyl halides is 3. The first-order valence-electron chi connectivity index (χ1n) is 9.31. The molecule has 6 nitrogen and oxygen atoms in total. The number of aromatic hydroxyl groups is 1. The Morgan fingerprint density at radius 2 is 1.72 bits per heavy atom. The molecule has 0 atom stereocenters. The third-order valence-corrected chi connectivity index (χ3v) is 4.67. The minimum absolute atomic E-state index is 0.0390. The summed E-state index contributed by atoms with van der Waals surface area (Å²) in [5.74, 6) is -0.325. The Labute approximate surface area is 167 Å². The summed E-state index contributed by atoms with van der Waals surface area (Å²) in [5.41, 5.74) is 0.217. The Morgan fingerprint density at radius 1 is 1.07 bits per heavy atom. The fourth-order valence-electron chi connectivity index (χ4n) is 4.12. The molecule has 1 fully saturated rings. The van der Waals surface area contributed by atoms with Gasteiger partial charge in [0.1, 0.15) is 17.3 Å². The zero-order valence-electron chi connectivity index (χ0n) is 16.8. The maximum atomic E-state index is 12.7. The Hall–Kier alpha value is -2.55. The van der Waals surface area contributed by atoms with E-state index < -0.39 is 12.1 Å². The first-order valence-corrected chi connectivity index (χ1v) is 9.31. The molecule has 158 valence electrons. The van der Waals surface area contributed by atoms with E-state index in [1.807, 2.05) is 0 Å². The van der Waals surface area contributed by atoms with Crippen LogP contribution in [0.25, 0.3) is 11.3 Å². The van der Waals surface area contributed by atoms with Crippen molar-refractivity contribution >= 4 is 5.82 Å². The largest absolute Gasteiger partial charge is 0.573 e. The number of halogens is 3. The van der Waals surface area contributed by atoms with Crippen LogP contribution in [0.5, 0.6) is 11.5 Å². The lowest BCUT2D eigenvalue weighted by molar-refractivity contribution is -0.274. The second-order valence-corrected chi connectivity index (χ2v) is 8.67. The van der Waals surface area contributed by atoms with Crippen molar-refractivity contribution in [3.05, 3.63) is 30.3 Å². The number of piperidine rings is 1. The highest BCUT2D eigenvalue weighted by Gasteiger charge is 2.37. The molecule has 0 bridgehead atoms. The van der Waals surface area contributed by atoms with E-state index in [0.717, 1.165) is 18.9 Å². The summed E-state index contributed by atoms with van der Waals surface area (Å²) in [6, 6.07) is 6.91. The van der Waals surface area contributed by atoms with Gasteiger partial charge >= 0.3 is 6.36 Å². The van der Waals surface area contributed by atoms with Gasteiger partial charge in [0.2, 0.25) is 0 Å². The van der Waals surface area contributed by atoms with Gasteiger partial charge in [0.15, 0.2) is 0 Å². The molecule has 0 spiro atoms. The van der Waals surface area contributed by atoms with E-state index in [1.54, 1.807) is 12.1 Å². The van der Waals surface area contributed by atoms with E-state index in [1.165, 1.54) is 12.1 Å². The second kappa shape index (κ2) is 7.37. The normalized spacial score (nSPS) is 19.0. The highest BCUT2D eigenvalue weighted by Crippen LogP contribution is 2.36. The molecular formula is C20H25F3N4O2. The van der Waals surface area contributed by atoms with Crippen LogP contribution in [0.2, 0.25) is 0 Å². The van der Waals surface area contributed by atoms with Gasteiger partial charge < -0.3 is 20.5 Å². The average molecular weight is 410 g/mol. The van der Waals surface area contributed by atoms with E-state index in [-0.39, 0.29) is 34.1 Å². The van der Waals surface area contributed by atoms with Crippen LogP contribution < -0.4 is 15.4 Å². The molecule has 1 aromatic heterocycles. The maximum absolute atomic E-state index is 12.7. The molecule has 29 heavy (non-hydrogen) atoms. The number of ether oxygens (including phenoxy) is 1. The number of anilines is 1. The van der Waals surface area contributed by atoms with Gasteiger partial charge in [-0.2, -0.15) is 0 Å². The Kier molecular flexibility index (Phi) is 5.38. The average Bonchev–Trinajstić information content (AvgIpc) is 2.51. The molecule has 3 N–H and O–H groups in total. The lowest BCUT2D eigenvalue weighted by Crippen LogP contribution is -2.60. The number of nitrogens with one attached hydrogen (secondary N) is 2. The summed E-state index contributed by atoms with van der Waals surface area (Å²) >= 11 is 0. The number of hydrogen-bond donors (Lipinski definition) is 3. The number of benzene rings is 1. The van der Waals surface area contributed by atoms with Crippen molar-refractivity contribution in [1.29, 1.82) is 0 Å². The van der Waals surface area contributed by atoms with Gasteiger partial charge in [-0.05, 0) is 64.8 Å². The first-order chi connectivity index (χ1) is 13.3. The lowest BCUT2D eigenvalue weighted by Gasteiger charge is -2.46. The van der Waals surface area contributed by atoms with Crippen LogP contribution in [0.3, 0.4) is 0 Å². The van der Waals surface area contributed by atoms with Crippen LogP contribution in [0.15, 0.2) is 30.3 Å². The van der Waals surface area contributed by atoms with E-state index in [9.17, 15) is 18.3 Å². The molecule has 2 heterocycles. The molecule has 2 aromatic rings. The van der Waals surface area contributed by atoms with Crippen LogP contribution in [0.1, 0.15) is 40.5 Å². The smallest absolute Gasteiger partial charge is 0.508 e. The summed E-state index contributed by atoms with van der Waals surface area (Å²) in [4.78, 5) is 0. The van der Waals surface area contributed by atoms with Crippen molar-refractivity contribution in [1.82, 2.24) is 15.5 Å². The SMILES string of the molecule is CC1(C)CC(Nc2ccc(-c3ccc(O)cc3OC(F)(F)F)nn2)CC(C)(C)N1. The predicted octanol–water partition coefficient (Wildman–Crippen LogP) is 4.47. The summed E-state index contributed by atoms with van der Waals surface area (Å²) < 4.78 is 42.0. The Balaban J connectivity index is 1.79. The van der Waals surface area contributed by atoms with Crippen LogP contribution in [-0.2, 0) is 0 Å². The summed E-state index contributed by atoms with van der Waals surface area (Å²) in [6.07, 6.45) is -3.10. The number of aromatic nitrogens is 2. The topological polar surface area (TPSA) is 79.3 Å². The van der Waals surface area contributed by atoms with Crippen molar-refractivity contribution in [2.24, 2.45) is 0 Å². The van der Waals surface area contributed by atoms with Crippen molar-refractivity contribution in [3.8, 4) is 22.8 Å². The summed E-state index contributed by atoms with van der Waals surface area (Å²) in [5, 5.41) is 24.6. The third-order valence-electron chi connectivity index (χ3n) is 4.67. The highest BCUT2D eigenvalue weighted by atomic mass is 19.4. The van der Waals surface area contributed by atoms with E-state index in [0.29, 0.717) is 5.82 Å². The molecule has 1 aromatic carbocycles. The van der Waals surface area contributed by atoms with Gasteiger partial charge in [-0.3, -0.25) is 0 Å². The summed E-state index contributed by atoms with van der Waals surface area (Å²) in [6.45, 7) is 8.57. The van der Waals surface area contributed by atoms with Gasteiger partial charge in [-0.1, -0.05) is 0 Å². The minimum Gasteiger partial charge on any atom is -0.508 e. The van der Waals surface area contributed by atoms with Crippen molar-refractivity contribution < 1.29 is 23.0 Å². The standard InChI is InChI=1S/C20H25F3N4O2/c1-18(2)10-12(11-19(3,4)27-18)24-17-8-7-15(25-26-17)14-6-5-13(28)9-16(14)29-20(21,22)23/h5-9,12,27-28H,10-11H2,1-4H3,(H,24,26). The van der Waals surface area contributed by atoms with Gasteiger partial charge in [-0.25, -0.2) is 0 Å². The Morgan fingerprint density at radius 3 is 2.28 bits per heavy atom. The number of phenols is 1. The number of rotatable bonds is 4. The van der Waals surface area contributed by atoms with Crippen LogP contribution in [0, 0.1) is 0 Å². The second-order valence-electron chi connectivity index (χ2n) is 8.67. The molecule has 0 radical (unpaired) electrons. The molecule has 9 heteroatoms. The number of nitrogens with zero attached hydrogens (tertiary/aromatic N) is 2. The molecule has 0 unspecified atom stereocenters. The molecule has 0 saturated carbocycles. The lowest BCUT2D eigenvalue weighted by atomic mass is 9.79. The molecule has 1 aliphatic rings. The van der Waals surface area contributed by atoms with Gasteiger partial charge in [0.05, 0.1) is 5.69 Å². The van der Waals surface area contributed by atoms with Crippen molar-refractivity contribution in [2.45, 2.75) is 64.0 Å². The minimum atomic E-state index is -4.88. The van der Waals surface area contributed by atoms with Crippen LogP contribution >= 0.6 is 0 Å². The molecule has 0 aliphatic carbocycles. The maximum Gasteiger partial charge on any atom is 0.573 e. The summed E-state index contributed by atoms with van der Waals surface area (Å²) in [7, 11) is 0. The first kappa shape index (κ1) is 21.2. The van der Waals surface area contributed by atoms with Crippen LogP contribution in [0.4, 0.5) is 19.0 Å². The van der Waals surface area contributed by atoms with E-state index in [2.05, 4.69) is 53.3 Å². The fraction of sp³-hybridized carbons (Fsp3) is 0.500. The zero-order chi connectivity index (χ0) is 21.4.